The lowest BCUT2D eigenvalue weighted by molar-refractivity contribution is -0.120. The van der Waals surface area contributed by atoms with E-state index in [0.717, 1.165) is 12.2 Å². The Balaban J connectivity index is 2.39. The molecule has 0 aromatic carbocycles. The molecule has 5 nitrogen and oxygen atoms in total. The van der Waals surface area contributed by atoms with Crippen LogP contribution in [0.5, 0.6) is 0 Å². The second-order valence-corrected chi connectivity index (χ2v) is 3.06. The minimum absolute atomic E-state index is 0.0499. The predicted molar refractivity (Wildman–Crippen MR) is 53.7 cm³/mol. The predicted octanol–water partition coefficient (Wildman–Crippen LogP) is -0.261. The van der Waals surface area contributed by atoms with Gasteiger partial charge in [0.25, 0.3) is 0 Å². The van der Waals surface area contributed by atoms with Crippen LogP contribution in [0.3, 0.4) is 0 Å². The molecule has 0 aliphatic carbocycles. The number of amides is 1. The SMILES string of the molecule is CNCc1cn(CCC(=O)NC)cn1. The Morgan fingerprint density at radius 1 is 1.57 bits per heavy atom. The molecule has 1 heterocycles. The lowest BCUT2D eigenvalue weighted by Gasteiger charge is -2.00. The van der Waals surface area contributed by atoms with Crippen molar-refractivity contribution in [3.8, 4) is 0 Å². The first-order valence-corrected chi connectivity index (χ1v) is 4.62. The zero-order valence-corrected chi connectivity index (χ0v) is 8.58. The molecule has 0 radical (unpaired) electrons. The Morgan fingerprint density at radius 2 is 2.36 bits per heavy atom. The normalized spacial score (nSPS) is 10.1. The smallest absolute Gasteiger partial charge is 0.221 e. The average molecular weight is 196 g/mol. The number of carbonyl (C=O) groups excluding carboxylic acids is 1. The Kier molecular flexibility index (Phi) is 4.12. The van der Waals surface area contributed by atoms with Crippen molar-refractivity contribution in [1.82, 2.24) is 20.2 Å². The number of nitrogens with one attached hydrogen (secondary N) is 2. The van der Waals surface area contributed by atoms with Crippen molar-refractivity contribution in [2.75, 3.05) is 14.1 Å². The second kappa shape index (κ2) is 5.39. The van der Waals surface area contributed by atoms with Gasteiger partial charge in [-0.05, 0) is 7.05 Å². The van der Waals surface area contributed by atoms with E-state index >= 15 is 0 Å². The Bertz CT molecular complexity index is 295. The number of hydrogen-bond acceptors (Lipinski definition) is 3. The zero-order chi connectivity index (χ0) is 10.4. The summed E-state index contributed by atoms with van der Waals surface area (Å²) in [5.74, 6) is 0.0499. The lowest BCUT2D eigenvalue weighted by atomic mass is 10.4. The molecular weight excluding hydrogens is 180 g/mol. The summed E-state index contributed by atoms with van der Waals surface area (Å²) in [6.45, 7) is 1.43. The maximum atomic E-state index is 11.0. The number of aromatic nitrogens is 2. The summed E-state index contributed by atoms with van der Waals surface area (Å²) in [4.78, 5) is 15.1. The summed E-state index contributed by atoms with van der Waals surface area (Å²) < 4.78 is 1.92. The summed E-state index contributed by atoms with van der Waals surface area (Å²) in [6, 6.07) is 0. The maximum absolute atomic E-state index is 11.0. The summed E-state index contributed by atoms with van der Waals surface area (Å²) >= 11 is 0. The van der Waals surface area contributed by atoms with Crippen molar-refractivity contribution in [3.63, 3.8) is 0 Å². The van der Waals surface area contributed by atoms with Crippen LogP contribution in [-0.2, 0) is 17.9 Å². The van der Waals surface area contributed by atoms with Gasteiger partial charge in [-0.15, -0.1) is 0 Å². The Morgan fingerprint density at radius 3 is 3.00 bits per heavy atom. The largest absolute Gasteiger partial charge is 0.359 e. The van der Waals surface area contributed by atoms with Gasteiger partial charge in [-0.2, -0.15) is 0 Å². The first-order valence-electron chi connectivity index (χ1n) is 4.62. The molecule has 1 rings (SSSR count). The van der Waals surface area contributed by atoms with E-state index in [1.165, 1.54) is 0 Å². The van der Waals surface area contributed by atoms with Gasteiger partial charge >= 0.3 is 0 Å². The second-order valence-electron chi connectivity index (χ2n) is 3.06. The van der Waals surface area contributed by atoms with Gasteiger partial charge in [0.2, 0.25) is 5.91 Å². The summed E-state index contributed by atoms with van der Waals surface area (Å²) in [7, 11) is 3.52. The fourth-order valence-corrected chi connectivity index (χ4v) is 1.16. The summed E-state index contributed by atoms with van der Waals surface area (Å²) in [5.41, 5.74) is 0.990. The van der Waals surface area contributed by atoms with E-state index in [4.69, 9.17) is 0 Å². The van der Waals surface area contributed by atoms with E-state index in [9.17, 15) is 4.79 Å². The third-order valence-electron chi connectivity index (χ3n) is 1.92. The highest BCUT2D eigenvalue weighted by atomic mass is 16.1. The molecule has 0 unspecified atom stereocenters. The molecule has 0 saturated carbocycles. The molecule has 0 saturated heterocycles. The van der Waals surface area contributed by atoms with Crippen LogP contribution in [0, 0.1) is 0 Å². The topological polar surface area (TPSA) is 59.0 Å². The molecule has 0 aliphatic rings. The van der Waals surface area contributed by atoms with Gasteiger partial charge in [-0.1, -0.05) is 0 Å². The van der Waals surface area contributed by atoms with E-state index in [0.29, 0.717) is 13.0 Å². The van der Waals surface area contributed by atoms with E-state index in [-0.39, 0.29) is 5.91 Å². The quantitative estimate of drug-likeness (QED) is 0.682. The third kappa shape index (κ3) is 3.18. The Hall–Kier alpha value is -1.36. The number of rotatable bonds is 5. The van der Waals surface area contributed by atoms with Crippen molar-refractivity contribution in [2.45, 2.75) is 19.5 Å². The van der Waals surface area contributed by atoms with Crippen LogP contribution in [-0.4, -0.2) is 29.6 Å². The van der Waals surface area contributed by atoms with Gasteiger partial charge in [0, 0.05) is 32.8 Å². The molecule has 78 valence electrons. The lowest BCUT2D eigenvalue weighted by Crippen LogP contribution is -2.19. The zero-order valence-electron chi connectivity index (χ0n) is 8.58. The van der Waals surface area contributed by atoms with Gasteiger partial charge in [0.05, 0.1) is 12.0 Å². The molecule has 14 heavy (non-hydrogen) atoms. The van der Waals surface area contributed by atoms with Gasteiger partial charge in [-0.3, -0.25) is 4.79 Å². The molecule has 0 atom stereocenters. The highest BCUT2D eigenvalue weighted by Crippen LogP contribution is 1.97. The van der Waals surface area contributed by atoms with Gasteiger partial charge in [0.1, 0.15) is 0 Å². The van der Waals surface area contributed by atoms with Gasteiger partial charge in [0.15, 0.2) is 0 Å². The molecule has 0 aliphatic heterocycles. The molecule has 2 N–H and O–H groups in total. The summed E-state index contributed by atoms with van der Waals surface area (Å²) in [5, 5.41) is 5.60. The molecule has 0 bridgehead atoms. The number of nitrogens with zero attached hydrogens (tertiary/aromatic N) is 2. The van der Waals surface area contributed by atoms with Gasteiger partial charge in [-0.25, -0.2) is 4.98 Å². The van der Waals surface area contributed by atoms with Crippen molar-refractivity contribution >= 4 is 5.91 Å². The minimum Gasteiger partial charge on any atom is -0.359 e. The van der Waals surface area contributed by atoms with E-state index < -0.39 is 0 Å². The van der Waals surface area contributed by atoms with Crippen LogP contribution >= 0.6 is 0 Å². The van der Waals surface area contributed by atoms with E-state index in [1.807, 2.05) is 17.8 Å². The van der Waals surface area contributed by atoms with Crippen LogP contribution in [0.25, 0.3) is 0 Å². The highest BCUT2D eigenvalue weighted by Gasteiger charge is 2.00. The van der Waals surface area contributed by atoms with Crippen molar-refractivity contribution in [3.05, 3.63) is 18.2 Å². The number of hydrogen-bond donors (Lipinski definition) is 2. The van der Waals surface area contributed by atoms with Crippen LogP contribution in [0.2, 0.25) is 0 Å². The Labute approximate surface area is 83.5 Å². The maximum Gasteiger partial charge on any atom is 0.221 e. The molecule has 1 aromatic heterocycles. The first kappa shape index (κ1) is 10.7. The standard InChI is InChI=1S/C9H16N4O/c1-10-5-8-6-13(7-12-8)4-3-9(14)11-2/h6-7,10H,3-5H2,1-2H3,(H,11,14). The molecule has 0 fully saturated rings. The number of aryl methyl sites for hydroxylation is 1. The van der Waals surface area contributed by atoms with Crippen molar-refractivity contribution in [1.29, 1.82) is 0 Å². The van der Waals surface area contributed by atoms with E-state index in [2.05, 4.69) is 15.6 Å². The average Bonchev–Trinajstić information content (AvgIpc) is 2.63. The fourth-order valence-electron chi connectivity index (χ4n) is 1.16. The van der Waals surface area contributed by atoms with Crippen molar-refractivity contribution < 1.29 is 4.79 Å². The van der Waals surface area contributed by atoms with Crippen LogP contribution in [0.4, 0.5) is 0 Å². The fraction of sp³-hybridized carbons (Fsp3) is 0.556. The molecular formula is C9H16N4O. The van der Waals surface area contributed by atoms with Crippen molar-refractivity contribution in [2.24, 2.45) is 0 Å². The first-order chi connectivity index (χ1) is 6.76. The van der Waals surface area contributed by atoms with Crippen LogP contribution < -0.4 is 10.6 Å². The number of imidazole rings is 1. The van der Waals surface area contributed by atoms with Crippen LogP contribution in [0.1, 0.15) is 12.1 Å². The van der Waals surface area contributed by atoms with Crippen LogP contribution in [0.15, 0.2) is 12.5 Å². The molecule has 1 amide bonds. The molecule has 5 heteroatoms. The summed E-state index contributed by atoms with van der Waals surface area (Å²) in [6.07, 6.45) is 4.18. The third-order valence-corrected chi connectivity index (χ3v) is 1.92. The monoisotopic (exact) mass is 196 g/mol. The molecule has 0 spiro atoms. The highest BCUT2D eigenvalue weighted by molar-refractivity contribution is 5.75. The number of carbonyl (C=O) groups is 1. The minimum atomic E-state index is 0.0499. The van der Waals surface area contributed by atoms with E-state index in [1.54, 1.807) is 13.4 Å². The van der Waals surface area contributed by atoms with Gasteiger partial charge < -0.3 is 15.2 Å². The molecule has 1 aromatic rings.